The van der Waals surface area contributed by atoms with Gasteiger partial charge in [-0.15, -0.1) is 0 Å². The Morgan fingerprint density at radius 1 is 1.38 bits per heavy atom. The summed E-state index contributed by atoms with van der Waals surface area (Å²) in [5.74, 6) is 0.0711. The second-order valence-corrected chi connectivity index (χ2v) is 6.94. The van der Waals surface area contributed by atoms with Gasteiger partial charge in [0.05, 0.1) is 22.3 Å². The number of hydrogen-bond donors (Lipinski definition) is 3. The lowest BCUT2D eigenvalue weighted by atomic mass is 9.90. The maximum atomic E-state index is 13.1. The average Bonchev–Trinajstić information content (AvgIpc) is 2.90. The first kappa shape index (κ1) is 15.5. The molecule has 1 aliphatic heterocycles. The minimum Gasteiger partial charge on any atom is -0.384 e. The van der Waals surface area contributed by atoms with Gasteiger partial charge in [-0.05, 0) is 30.9 Å². The Morgan fingerprint density at radius 2 is 2.21 bits per heavy atom. The smallest absolute Gasteiger partial charge is 0.256 e. The van der Waals surface area contributed by atoms with Crippen LogP contribution in [-0.2, 0) is 12.8 Å². The van der Waals surface area contributed by atoms with E-state index >= 15 is 0 Å². The maximum Gasteiger partial charge on any atom is 0.256 e. The molecule has 0 saturated heterocycles. The first-order valence-electron chi connectivity index (χ1n) is 8.24. The van der Waals surface area contributed by atoms with Gasteiger partial charge in [-0.25, -0.2) is 0 Å². The molecule has 6 nitrogen and oxygen atoms in total. The van der Waals surface area contributed by atoms with Crippen LogP contribution in [0.5, 0.6) is 0 Å². The van der Waals surface area contributed by atoms with Crippen molar-refractivity contribution in [2.24, 2.45) is 5.73 Å². The molecule has 2 heterocycles. The second kappa shape index (κ2) is 5.79. The second-order valence-electron chi connectivity index (χ2n) is 6.54. The van der Waals surface area contributed by atoms with E-state index < -0.39 is 0 Å². The van der Waals surface area contributed by atoms with Gasteiger partial charge in [0.1, 0.15) is 5.82 Å². The standard InChI is InChI=1S/C17H20ClN5O/c18-13-3-1-2-10-11(6-7-21-15(10)13)17(24)23-16(20)12-5-4-9(19)8-14(12)22-23/h1-3,9,11,21H,4-8,19-20H2/t9?,11-/m0/s1. The van der Waals surface area contributed by atoms with Crippen molar-refractivity contribution >= 4 is 29.0 Å². The Balaban J connectivity index is 1.73. The number of benzene rings is 1. The van der Waals surface area contributed by atoms with Crippen LogP contribution in [0.4, 0.5) is 11.5 Å². The van der Waals surface area contributed by atoms with E-state index in [9.17, 15) is 4.79 Å². The summed E-state index contributed by atoms with van der Waals surface area (Å²) in [5.41, 5.74) is 15.8. The van der Waals surface area contributed by atoms with Crippen molar-refractivity contribution in [2.75, 3.05) is 17.6 Å². The zero-order chi connectivity index (χ0) is 16.8. The molecule has 1 unspecified atom stereocenters. The van der Waals surface area contributed by atoms with Gasteiger partial charge < -0.3 is 16.8 Å². The molecule has 2 atom stereocenters. The zero-order valence-corrected chi connectivity index (χ0v) is 14.0. The van der Waals surface area contributed by atoms with Gasteiger partial charge in [0, 0.05) is 24.6 Å². The summed E-state index contributed by atoms with van der Waals surface area (Å²) in [7, 11) is 0. The van der Waals surface area contributed by atoms with E-state index in [1.807, 2.05) is 18.2 Å². The summed E-state index contributed by atoms with van der Waals surface area (Å²) in [6.07, 6.45) is 3.03. The molecule has 4 rings (SSSR count). The van der Waals surface area contributed by atoms with Crippen LogP contribution in [0.3, 0.4) is 0 Å². The number of nitrogens with one attached hydrogen (secondary N) is 1. The number of carbonyl (C=O) groups is 1. The van der Waals surface area contributed by atoms with Crippen molar-refractivity contribution in [1.29, 1.82) is 0 Å². The molecule has 1 aliphatic carbocycles. The molecule has 7 heteroatoms. The predicted molar refractivity (Wildman–Crippen MR) is 94.6 cm³/mol. The maximum absolute atomic E-state index is 13.1. The first-order chi connectivity index (χ1) is 11.6. The number of nitrogens with two attached hydrogens (primary N) is 2. The van der Waals surface area contributed by atoms with Crippen molar-refractivity contribution < 1.29 is 4.79 Å². The van der Waals surface area contributed by atoms with Crippen LogP contribution in [0.2, 0.25) is 5.02 Å². The summed E-state index contributed by atoms with van der Waals surface area (Å²) < 4.78 is 1.38. The van der Waals surface area contributed by atoms with Crippen molar-refractivity contribution in [3.8, 4) is 0 Å². The summed E-state index contributed by atoms with van der Waals surface area (Å²) in [6, 6.07) is 5.72. The third kappa shape index (κ3) is 2.37. The average molecular weight is 346 g/mol. The van der Waals surface area contributed by atoms with Gasteiger partial charge in [0.25, 0.3) is 5.91 Å². The fourth-order valence-electron chi connectivity index (χ4n) is 3.71. The van der Waals surface area contributed by atoms with Gasteiger partial charge >= 0.3 is 0 Å². The minimum atomic E-state index is -0.294. The van der Waals surface area contributed by atoms with Gasteiger partial charge in [-0.1, -0.05) is 23.7 Å². The van der Waals surface area contributed by atoms with Crippen LogP contribution in [0.25, 0.3) is 0 Å². The van der Waals surface area contributed by atoms with Gasteiger partial charge in [-0.2, -0.15) is 9.78 Å². The number of rotatable bonds is 1. The van der Waals surface area contributed by atoms with E-state index in [1.165, 1.54) is 4.68 Å². The molecule has 1 aromatic heterocycles. The summed E-state index contributed by atoms with van der Waals surface area (Å²) in [6.45, 7) is 0.693. The molecule has 0 fully saturated rings. The summed E-state index contributed by atoms with van der Waals surface area (Å²) in [5, 5.41) is 8.38. The fraction of sp³-hybridized carbons (Fsp3) is 0.412. The third-order valence-electron chi connectivity index (χ3n) is 4.99. The SMILES string of the molecule is Nc1c2c(nn1C(=O)[C@H]1CCNc3c(Cl)cccc31)CC(N)CC2. The van der Waals surface area contributed by atoms with Crippen LogP contribution in [0, 0.1) is 0 Å². The molecule has 0 spiro atoms. The number of carbonyl (C=O) groups excluding carboxylic acids is 1. The van der Waals surface area contributed by atoms with Gasteiger partial charge in [0.15, 0.2) is 0 Å². The monoisotopic (exact) mass is 345 g/mol. The highest BCUT2D eigenvalue weighted by Crippen LogP contribution is 2.38. The number of halogens is 1. The number of nitrogens with zero attached hydrogens (tertiary/aromatic N) is 2. The van der Waals surface area contributed by atoms with E-state index in [0.29, 0.717) is 30.2 Å². The first-order valence-corrected chi connectivity index (χ1v) is 8.62. The van der Waals surface area contributed by atoms with Gasteiger partial charge in [-0.3, -0.25) is 4.79 Å². The molecule has 0 radical (unpaired) electrons. The highest BCUT2D eigenvalue weighted by molar-refractivity contribution is 6.33. The lowest BCUT2D eigenvalue weighted by Crippen LogP contribution is -2.28. The van der Waals surface area contributed by atoms with E-state index in [0.717, 1.165) is 35.3 Å². The number of anilines is 2. The quantitative estimate of drug-likeness (QED) is 0.735. The van der Waals surface area contributed by atoms with Crippen LogP contribution in [0.1, 0.15) is 40.4 Å². The Bertz CT molecular complexity index is 816. The number of nitrogen functional groups attached to an aromatic ring is 1. The number of para-hydroxylation sites is 1. The Hall–Kier alpha value is -2.05. The van der Waals surface area contributed by atoms with Gasteiger partial charge in [0.2, 0.25) is 0 Å². The molecule has 2 aliphatic rings. The molecule has 0 saturated carbocycles. The van der Waals surface area contributed by atoms with E-state index in [1.54, 1.807) is 0 Å². The van der Waals surface area contributed by atoms with Crippen molar-refractivity contribution in [2.45, 2.75) is 37.6 Å². The Morgan fingerprint density at radius 3 is 3.04 bits per heavy atom. The Kier molecular flexibility index (Phi) is 3.73. The third-order valence-corrected chi connectivity index (χ3v) is 5.30. The fourth-order valence-corrected chi connectivity index (χ4v) is 3.96. The van der Waals surface area contributed by atoms with Crippen LogP contribution >= 0.6 is 11.6 Å². The van der Waals surface area contributed by atoms with E-state index in [2.05, 4.69) is 10.4 Å². The molecule has 0 bridgehead atoms. The molecule has 0 amide bonds. The number of fused-ring (bicyclic) bond motifs is 2. The molecule has 2 aromatic rings. The highest BCUT2D eigenvalue weighted by atomic mass is 35.5. The number of aromatic nitrogens is 2. The van der Waals surface area contributed by atoms with E-state index in [4.69, 9.17) is 23.1 Å². The van der Waals surface area contributed by atoms with Crippen LogP contribution < -0.4 is 16.8 Å². The molecular formula is C17H20ClN5O. The molecule has 1 aromatic carbocycles. The Labute approximate surface area is 145 Å². The zero-order valence-electron chi connectivity index (χ0n) is 13.3. The number of hydrogen-bond acceptors (Lipinski definition) is 5. The highest BCUT2D eigenvalue weighted by Gasteiger charge is 2.32. The molecule has 126 valence electrons. The lowest BCUT2D eigenvalue weighted by Gasteiger charge is -2.26. The van der Waals surface area contributed by atoms with Crippen LogP contribution in [-0.4, -0.2) is 28.3 Å². The summed E-state index contributed by atoms with van der Waals surface area (Å²) >= 11 is 6.25. The van der Waals surface area contributed by atoms with E-state index in [-0.39, 0.29) is 17.9 Å². The normalized spacial score (nSPS) is 22.4. The topological polar surface area (TPSA) is 99.0 Å². The minimum absolute atomic E-state index is 0.0914. The van der Waals surface area contributed by atoms with Crippen LogP contribution in [0.15, 0.2) is 18.2 Å². The molecular weight excluding hydrogens is 326 g/mol. The summed E-state index contributed by atoms with van der Waals surface area (Å²) in [4.78, 5) is 13.1. The molecule has 5 N–H and O–H groups in total. The molecule has 24 heavy (non-hydrogen) atoms. The lowest BCUT2D eigenvalue weighted by molar-refractivity contribution is 0.0859. The van der Waals surface area contributed by atoms with Crippen molar-refractivity contribution in [3.63, 3.8) is 0 Å². The van der Waals surface area contributed by atoms with Crippen molar-refractivity contribution in [1.82, 2.24) is 9.78 Å². The predicted octanol–water partition coefficient (Wildman–Crippen LogP) is 2.17. The van der Waals surface area contributed by atoms with Crippen molar-refractivity contribution in [3.05, 3.63) is 40.0 Å². The largest absolute Gasteiger partial charge is 0.384 e.